The van der Waals surface area contributed by atoms with Crippen LogP contribution >= 0.6 is 0 Å². The molecule has 1 fully saturated rings. The van der Waals surface area contributed by atoms with Gasteiger partial charge < -0.3 is 9.84 Å². The summed E-state index contributed by atoms with van der Waals surface area (Å²) in [4.78, 5) is 3.52. The summed E-state index contributed by atoms with van der Waals surface area (Å²) >= 11 is 0. The van der Waals surface area contributed by atoms with Crippen LogP contribution < -0.4 is 4.74 Å². The second-order valence-corrected chi connectivity index (χ2v) is 5.17. The Morgan fingerprint density at radius 1 is 1.14 bits per heavy atom. The predicted molar refractivity (Wildman–Crippen MR) is 72.4 cm³/mol. The van der Waals surface area contributed by atoms with Gasteiger partial charge >= 0.3 is 6.18 Å². The van der Waals surface area contributed by atoms with Crippen molar-refractivity contribution in [2.45, 2.75) is 12.7 Å². The monoisotopic (exact) mass is 304 g/mol. The average Bonchev–Trinajstić information content (AvgIpc) is 2.41. The summed E-state index contributed by atoms with van der Waals surface area (Å²) in [5.41, 5.74) is 0.967. The van der Waals surface area contributed by atoms with Gasteiger partial charge in [-0.2, -0.15) is 13.2 Å². The number of methoxy groups -OCH3 is 1. The molecule has 118 valence electrons. The number of aromatic hydroxyl groups is 1. The van der Waals surface area contributed by atoms with Gasteiger partial charge in [-0.25, -0.2) is 0 Å². The standard InChI is InChI=1S/C14H19F3N2O2/c1-21-13-8-11(2-3-12(13)20)9-18-4-6-19(7-5-18)10-14(15,16)17/h2-3,8,20H,4-7,9-10H2,1H3. The number of piperazine rings is 1. The number of alkyl halides is 3. The molecule has 1 saturated heterocycles. The topological polar surface area (TPSA) is 35.9 Å². The fourth-order valence-electron chi connectivity index (χ4n) is 2.44. The third-order valence-electron chi connectivity index (χ3n) is 3.52. The fraction of sp³-hybridized carbons (Fsp3) is 0.571. The number of phenols is 1. The molecule has 0 aromatic heterocycles. The van der Waals surface area contributed by atoms with Gasteiger partial charge in [0.05, 0.1) is 13.7 Å². The number of benzene rings is 1. The molecule has 1 aliphatic rings. The molecule has 0 atom stereocenters. The Balaban J connectivity index is 1.86. The molecule has 1 N–H and O–H groups in total. The number of nitrogens with zero attached hydrogens (tertiary/aromatic N) is 2. The number of hydrogen-bond acceptors (Lipinski definition) is 4. The van der Waals surface area contributed by atoms with Crippen LogP contribution in [-0.2, 0) is 6.54 Å². The number of ether oxygens (including phenoxy) is 1. The van der Waals surface area contributed by atoms with E-state index in [4.69, 9.17) is 4.74 Å². The van der Waals surface area contributed by atoms with Crippen LogP contribution in [0.4, 0.5) is 13.2 Å². The molecule has 1 aromatic carbocycles. The van der Waals surface area contributed by atoms with Crippen molar-refractivity contribution in [2.75, 3.05) is 39.8 Å². The first-order valence-corrected chi connectivity index (χ1v) is 6.75. The minimum absolute atomic E-state index is 0.0799. The Morgan fingerprint density at radius 3 is 2.33 bits per heavy atom. The Morgan fingerprint density at radius 2 is 1.76 bits per heavy atom. The predicted octanol–water partition coefficient (Wildman–Crippen LogP) is 2.08. The van der Waals surface area contributed by atoms with Crippen molar-refractivity contribution in [1.82, 2.24) is 9.80 Å². The van der Waals surface area contributed by atoms with Crippen LogP contribution in [-0.4, -0.2) is 60.9 Å². The van der Waals surface area contributed by atoms with Gasteiger partial charge in [0.1, 0.15) is 0 Å². The molecule has 21 heavy (non-hydrogen) atoms. The molecule has 0 unspecified atom stereocenters. The maximum Gasteiger partial charge on any atom is 0.401 e. The average molecular weight is 304 g/mol. The van der Waals surface area contributed by atoms with Crippen LogP contribution in [0.3, 0.4) is 0 Å². The highest BCUT2D eigenvalue weighted by atomic mass is 19.4. The third kappa shape index (κ3) is 4.78. The number of halogens is 3. The van der Waals surface area contributed by atoms with Crippen LogP contribution in [0.2, 0.25) is 0 Å². The van der Waals surface area contributed by atoms with Gasteiger partial charge in [0.15, 0.2) is 11.5 Å². The lowest BCUT2D eigenvalue weighted by Gasteiger charge is -2.35. The molecule has 7 heteroatoms. The highest BCUT2D eigenvalue weighted by molar-refractivity contribution is 5.41. The Labute approximate surface area is 121 Å². The molecular formula is C14H19F3N2O2. The maximum atomic E-state index is 12.3. The normalized spacial score (nSPS) is 17.9. The molecule has 2 rings (SSSR count). The molecule has 0 aliphatic carbocycles. The van der Waals surface area contributed by atoms with Crippen molar-refractivity contribution in [3.8, 4) is 11.5 Å². The quantitative estimate of drug-likeness (QED) is 0.924. The van der Waals surface area contributed by atoms with Crippen LogP contribution in [0.5, 0.6) is 11.5 Å². The van der Waals surface area contributed by atoms with Gasteiger partial charge in [0.2, 0.25) is 0 Å². The second-order valence-electron chi connectivity index (χ2n) is 5.17. The van der Waals surface area contributed by atoms with E-state index in [0.717, 1.165) is 5.56 Å². The number of hydrogen-bond donors (Lipinski definition) is 1. The zero-order valence-corrected chi connectivity index (χ0v) is 11.9. The van der Waals surface area contributed by atoms with Crippen molar-refractivity contribution < 1.29 is 23.0 Å². The SMILES string of the molecule is COc1cc(CN2CCN(CC(F)(F)F)CC2)ccc1O. The van der Waals surface area contributed by atoms with Crippen LogP contribution in [0.25, 0.3) is 0 Å². The van der Waals surface area contributed by atoms with E-state index in [1.807, 2.05) is 0 Å². The first-order valence-electron chi connectivity index (χ1n) is 6.75. The molecule has 0 spiro atoms. The van der Waals surface area contributed by atoms with Gasteiger partial charge in [-0.1, -0.05) is 6.07 Å². The molecule has 4 nitrogen and oxygen atoms in total. The van der Waals surface area contributed by atoms with E-state index in [0.29, 0.717) is 38.5 Å². The van der Waals surface area contributed by atoms with E-state index in [9.17, 15) is 18.3 Å². The summed E-state index contributed by atoms with van der Waals surface area (Å²) in [6.07, 6.45) is -4.13. The second kappa shape index (κ2) is 6.53. The molecule has 0 radical (unpaired) electrons. The zero-order valence-electron chi connectivity index (χ0n) is 11.9. The van der Waals surface area contributed by atoms with Crippen molar-refractivity contribution in [2.24, 2.45) is 0 Å². The van der Waals surface area contributed by atoms with E-state index in [1.54, 1.807) is 18.2 Å². The Bertz CT molecular complexity index is 472. The molecule has 1 aromatic rings. The first-order chi connectivity index (χ1) is 9.87. The molecule has 1 heterocycles. The van der Waals surface area contributed by atoms with Crippen molar-refractivity contribution in [1.29, 1.82) is 0 Å². The summed E-state index contributed by atoms with van der Waals surface area (Å²) in [6, 6.07) is 5.10. The van der Waals surface area contributed by atoms with Crippen LogP contribution in [0.15, 0.2) is 18.2 Å². The third-order valence-corrected chi connectivity index (χ3v) is 3.52. The first kappa shape index (κ1) is 15.9. The Hall–Kier alpha value is -1.47. The lowest BCUT2D eigenvalue weighted by atomic mass is 10.1. The van der Waals surface area contributed by atoms with Gasteiger partial charge in [-0.15, -0.1) is 0 Å². The summed E-state index contributed by atoms with van der Waals surface area (Å²) in [6.45, 7) is 1.81. The van der Waals surface area contributed by atoms with E-state index in [1.165, 1.54) is 12.0 Å². The minimum atomic E-state index is -4.13. The molecule has 0 bridgehead atoms. The number of phenolic OH excluding ortho intramolecular Hbond substituents is 1. The van der Waals surface area contributed by atoms with Gasteiger partial charge in [0.25, 0.3) is 0 Å². The molecule has 1 aliphatic heterocycles. The van der Waals surface area contributed by atoms with E-state index in [-0.39, 0.29) is 5.75 Å². The lowest BCUT2D eigenvalue weighted by molar-refractivity contribution is -0.149. The van der Waals surface area contributed by atoms with Crippen LogP contribution in [0, 0.1) is 0 Å². The van der Waals surface area contributed by atoms with Crippen molar-refractivity contribution >= 4 is 0 Å². The molecule has 0 saturated carbocycles. The van der Waals surface area contributed by atoms with E-state index in [2.05, 4.69) is 4.90 Å². The van der Waals surface area contributed by atoms with Gasteiger partial charge in [-0.05, 0) is 17.7 Å². The molecular weight excluding hydrogens is 285 g/mol. The summed E-state index contributed by atoms with van der Waals surface area (Å²) < 4.78 is 42.0. The number of rotatable bonds is 4. The maximum absolute atomic E-state index is 12.3. The fourth-order valence-corrected chi connectivity index (χ4v) is 2.44. The van der Waals surface area contributed by atoms with E-state index >= 15 is 0 Å². The zero-order chi connectivity index (χ0) is 15.5. The molecule has 0 amide bonds. The summed E-state index contributed by atoms with van der Waals surface area (Å²) in [5.74, 6) is 0.486. The highest BCUT2D eigenvalue weighted by Gasteiger charge is 2.32. The largest absolute Gasteiger partial charge is 0.504 e. The minimum Gasteiger partial charge on any atom is -0.504 e. The van der Waals surface area contributed by atoms with Gasteiger partial charge in [-0.3, -0.25) is 9.80 Å². The van der Waals surface area contributed by atoms with Crippen molar-refractivity contribution in [3.63, 3.8) is 0 Å². The van der Waals surface area contributed by atoms with Crippen molar-refractivity contribution in [3.05, 3.63) is 23.8 Å². The Kier molecular flexibility index (Phi) is 4.95. The smallest absolute Gasteiger partial charge is 0.401 e. The van der Waals surface area contributed by atoms with Gasteiger partial charge in [0, 0.05) is 32.7 Å². The highest BCUT2D eigenvalue weighted by Crippen LogP contribution is 2.27. The summed E-state index contributed by atoms with van der Waals surface area (Å²) in [5, 5.41) is 9.53. The summed E-state index contributed by atoms with van der Waals surface area (Å²) in [7, 11) is 1.48. The van der Waals surface area contributed by atoms with Crippen LogP contribution in [0.1, 0.15) is 5.56 Å². The lowest BCUT2D eigenvalue weighted by Crippen LogP contribution is -2.48. The van der Waals surface area contributed by atoms with E-state index < -0.39 is 12.7 Å².